The van der Waals surface area contributed by atoms with E-state index in [0.29, 0.717) is 12.4 Å². The highest BCUT2D eigenvalue weighted by molar-refractivity contribution is 7.14. The van der Waals surface area contributed by atoms with Crippen LogP contribution >= 0.6 is 11.3 Å². The molecule has 1 fully saturated rings. The zero-order chi connectivity index (χ0) is 21.3. The molecule has 2 aromatic carbocycles. The second-order valence-corrected chi connectivity index (χ2v) is 8.29. The summed E-state index contributed by atoms with van der Waals surface area (Å²) in [5.41, 5.74) is 5.96. The van der Waals surface area contributed by atoms with E-state index in [0.717, 1.165) is 34.2 Å². The molecule has 6 nitrogen and oxygen atoms in total. The van der Waals surface area contributed by atoms with Gasteiger partial charge in [0, 0.05) is 17.5 Å². The van der Waals surface area contributed by atoms with Crippen molar-refractivity contribution in [1.82, 2.24) is 9.88 Å². The number of thiazole rings is 1. The standard InChI is InChI=1S/C24H28N4O2S/c1-29-23-16-19(10-11-22(23)30-15-14-28-12-6-3-7-13-28)17-25-27-24-26-21(18-31-24)20-8-4-2-5-9-20/h2,4-5,8-11,16-18H,3,6-7,12-15H2,1H3,(H,26,27). The van der Waals surface area contributed by atoms with Crippen molar-refractivity contribution in [2.45, 2.75) is 19.3 Å². The number of anilines is 1. The smallest absolute Gasteiger partial charge is 0.203 e. The summed E-state index contributed by atoms with van der Waals surface area (Å²) in [4.78, 5) is 7.04. The Balaban J connectivity index is 1.31. The molecule has 0 atom stereocenters. The Morgan fingerprint density at radius 3 is 2.74 bits per heavy atom. The van der Waals surface area contributed by atoms with Gasteiger partial charge in [-0.3, -0.25) is 10.3 Å². The molecule has 1 aromatic heterocycles. The molecule has 2 heterocycles. The SMILES string of the molecule is COc1cc(C=NNc2nc(-c3ccccc3)cs2)ccc1OCCN1CCCCC1. The van der Waals surface area contributed by atoms with Crippen molar-refractivity contribution in [3.8, 4) is 22.8 Å². The number of hydrazone groups is 1. The average molecular weight is 437 g/mol. The van der Waals surface area contributed by atoms with Crippen molar-refractivity contribution in [2.24, 2.45) is 5.10 Å². The Bertz CT molecular complexity index is 984. The third-order valence-electron chi connectivity index (χ3n) is 5.25. The van der Waals surface area contributed by atoms with E-state index in [4.69, 9.17) is 9.47 Å². The Labute approximate surface area is 187 Å². The van der Waals surface area contributed by atoms with Crippen LogP contribution in [0.1, 0.15) is 24.8 Å². The number of hydrogen-bond donors (Lipinski definition) is 1. The highest BCUT2D eigenvalue weighted by Crippen LogP contribution is 2.28. The van der Waals surface area contributed by atoms with E-state index in [1.54, 1.807) is 13.3 Å². The lowest BCUT2D eigenvalue weighted by Gasteiger charge is -2.26. The maximum atomic E-state index is 5.97. The second kappa shape index (κ2) is 10.9. The molecule has 1 saturated heterocycles. The van der Waals surface area contributed by atoms with Crippen LogP contribution in [0.2, 0.25) is 0 Å². The highest BCUT2D eigenvalue weighted by Gasteiger charge is 2.11. The fraction of sp³-hybridized carbons (Fsp3) is 0.333. The first-order valence-electron chi connectivity index (χ1n) is 10.6. The predicted octanol–water partition coefficient (Wildman–Crippen LogP) is 5.13. The van der Waals surface area contributed by atoms with Crippen molar-refractivity contribution < 1.29 is 9.47 Å². The minimum Gasteiger partial charge on any atom is -0.493 e. The van der Waals surface area contributed by atoms with Crippen molar-refractivity contribution in [3.05, 3.63) is 59.5 Å². The molecule has 1 aliphatic heterocycles. The summed E-state index contributed by atoms with van der Waals surface area (Å²) >= 11 is 1.53. The Kier molecular flexibility index (Phi) is 7.52. The van der Waals surface area contributed by atoms with Crippen LogP contribution in [0.25, 0.3) is 11.3 Å². The van der Waals surface area contributed by atoms with Crippen LogP contribution < -0.4 is 14.9 Å². The van der Waals surface area contributed by atoms with E-state index in [1.807, 2.05) is 53.9 Å². The van der Waals surface area contributed by atoms with Gasteiger partial charge in [0.1, 0.15) is 6.61 Å². The molecule has 31 heavy (non-hydrogen) atoms. The molecule has 7 heteroatoms. The maximum Gasteiger partial charge on any atom is 0.203 e. The molecule has 0 saturated carbocycles. The topological polar surface area (TPSA) is 59.0 Å². The molecule has 0 aliphatic carbocycles. The van der Waals surface area contributed by atoms with Gasteiger partial charge in [0.2, 0.25) is 5.13 Å². The number of nitrogens with zero attached hydrogens (tertiary/aromatic N) is 3. The van der Waals surface area contributed by atoms with Crippen LogP contribution in [-0.2, 0) is 0 Å². The van der Waals surface area contributed by atoms with Crippen molar-refractivity contribution in [1.29, 1.82) is 0 Å². The minimum absolute atomic E-state index is 0.666. The van der Waals surface area contributed by atoms with Crippen molar-refractivity contribution in [3.63, 3.8) is 0 Å². The van der Waals surface area contributed by atoms with E-state index in [2.05, 4.69) is 20.4 Å². The van der Waals surface area contributed by atoms with Gasteiger partial charge in [0.25, 0.3) is 0 Å². The van der Waals surface area contributed by atoms with Crippen LogP contribution in [0.15, 0.2) is 59.0 Å². The molecule has 0 amide bonds. The van der Waals surface area contributed by atoms with Gasteiger partial charge in [-0.15, -0.1) is 11.3 Å². The normalized spacial score (nSPS) is 14.6. The van der Waals surface area contributed by atoms with Crippen LogP contribution in [-0.4, -0.2) is 49.4 Å². The van der Waals surface area contributed by atoms with Gasteiger partial charge in [0.05, 0.1) is 19.0 Å². The number of piperidine rings is 1. The lowest BCUT2D eigenvalue weighted by atomic mass is 10.1. The van der Waals surface area contributed by atoms with Crippen LogP contribution in [0.4, 0.5) is 5.13 Å². The summed E-state index contributed by atoms with van der Waals surface area (Å²) in [6.45, 7) is 3.97. The number of methoxy groups -OCH3 is 1. The summed E-state index contributed by atoms with van der Waals surface area (Å²) in [7, 11) is 1.66. The molecule has 0 radical (unpaired) electrons. The molecule has 162 valence electrons. The number of hydrogen-bond acceptors (Lipinski definition) is 7. The molecule has 3 aromatic rings. The summed E-state index contributed by atoms with van der Waals surface area (Å²) < 4.78 is 11.5. The van der Waals surface area contributed by atoms with Gasteiger partial charge in [-0.2, -0.15) is 5.10 Å². The molecule has 0 bridgehead atoms. The molecule has 0 spiro atoms. The van der Waals surface area contributed by atoms with Gasteiger partial charge < -0.3 is 9.47 Å². The lowest BCUT2D eigenvalue weighted by Crippen LogP contribution is -2.33. The molecule has 4 rings (SSSR count). The van der Waals surface area contributed by atoms with E-state index < -0.39 is 0 Å². The number of benzene rings is 2. The Morgan fingerprint density at radius 2 is 1.94 bits per heavy atom. The van der Waals surface area contributed by atoms with Crippen LogP contribution in [0.5, 0.6) is 11.5 Å². The lowest BCUT2D eigenvalue weighted by molar-refractivity contribution is 0.180. The molecule has 1 N–H and O–H groups in total. The molecular weight excluding hydrogens is 408 g/mol. The van der Waals surface area contributed by atoms with Crippen LogP contribution in [0, 0.1) is 0 Å². The van der Waals surface area contributed by atoms with E-state index in [-0.39, 0.29) is 0 Å². The maximum absolute atomic E-state index is 5.97. The third kappa shape index (κ3) is 6.06. The first kappa shape index (κ1) is 21.3. The summed E-state index contributed by atoms with van der Waals surface area (Å²) in [5.74, 6) is 1.47. The Hall–Kier alpha value is -2.90. The van der Waals surface area contributed by atoms with Crippen molar-refractivity contribution >= 4 is 22.7 Å². The van der Waals surface area contributed by atoms with E-state index in [1.165, 1.54) is 43.7 Å². The average Bonchev–Trinajstić information content (AvgIpc) is 3.30. The number of rotatable bonds is 9. The van der Waals surface area contributed by atoms with Gasteiger partial charge in [0.15, 0.2) is 11.5 Å². The minimum atomic E-state index is 0.666. The number of likely N-dealkylation sites (tertiary alicyclic amines) is 1. The van der Waals surface area contributed by atoms with E-state index >= 15 is 0 Å². The zero-order valence-corrected chi connectivity index (χ0v) is 18.6. The van der Waals surface area contributed by atoms with Crippen molar-refractivity contribution in [2.75, 3.05) is 38.8 Å². The molecule has 0 unspecified atom stereocenters. The van der Waals surface area contributed by atoms with Gasteiger partial charge >= 0.3 is 0 Å². The van der Waals surface area contributed by atoms with Gasteiger partial charge in [-0.05, 0) is 49.7 Å². The second-order valence-electron chi connectivity index (χ2n) is 7.43. The quantitative estimate of drug-likeness (QED) is 0.372. The monoisotopic (exact) mass is 436 g/mol. The Morgan fingerprint density at radius 1 is 1.10 bits per heavy atom. The highest BCUT2D eigenvalue weighted by atomic mass is 32.1. The fourth-order valence-corrected chi connectivity index (χ4v) is 4.25. The summed E-state index contributed by atoms with van der Waals surface area (Å²) in [6.07, 6.45) is 5.68. The van der Waals surface area contributed by atoms with Gasteiger partial charge in [-0.25, -0.2) is 4.98 Å². The summed E-state index contributed by atoms with van der Waals surface area (Å²) in [6, 6.07) is 15.9. The largest absolute Gasteiger partial charge is 0.493 e. The van der Waals surface area contributed by atoms with Gasteiger partial charge in [-0.1, -0.05) is 36.8 Å². The third-order valence-corrected chi connectivity index (χ3v) is 6.00. The number of nitrogens with one attached hydrogen (secondary N) is 1. The first-order valence-corrected chi connectivity index (χ1v) is 11.5. The molecule has 1 aliphatic rings. The number of aromatic nitrogens is 1. The first-order chi connectivity index (χ1) is 15.3. The molecular formula is C24H28N4O2S. The van der Waals surface area contributed by atoms with E-state index in [9.17, 15) is 0 Å². The zero-order valence-electron chi connectivity index (χ0n) is 17.8. The number of ether oxygens (including phenoxy) is 2. The fourth-order valence-electron chi connectivity index (χ4n) is 3.58. The predicted molar refractivity (Wildman–Crippen MR) is 128 cm³/mol. The summed E-state index contributed by atoms with van der Waals surface area (Å²) in [5, 5.41) is 7.09. The van der Waals surface area contributed by atoms with Crippen LogP contribution in [0.3, 0.4) is 0 Å².